The van der Waals surface area contributed by atoms with Gasteiger partial charge in [0.25, 0.3) is 0 Å². The maximum atomic E-state index is 12.9. The molecule has 24 heavy (non-hydrogen) atoms. The molecular weight excluding hydrogens is 335 g/mol. The molecule has 2 nitrogen and oxygen atoms in total. The lowest BCUT2D eigenvalue weighted by Crippen LogP contribution is -2.29. The molecule has 0 spiro atoms. The van der Waals surface area contributed by atoms with Crippen LogP contribution in [0.5, 0.6) is 0 Å². The Bertz CT molecular complexity index is 714. The smallest absolute Gasteiger partial charge is 0.352 e. The molecule has 6 heteroatoms. The summed E-state index contributed by atoms with van der Waals surface area (Å²) < 4.78 is 38.6. The van der Waals surface area contributed by atoms with Gasteiger partial charge in [-0.2, -0.15) is 13.2 Å². The molecule has 0 bridgehead atoms. The second-order valence-corrected chi connectivity index (χ2v) is 6.90. The zero-order chi connectivity index (χ0) is 17.2. The Balaban J connectivity index is 1.85. The van der Waals surface area contributed by atoms with E-state index in [9.17, 15) is 18.0 Å². The fraction of sp³-hybridized carbons (Fsp3) is 0.278. The van der Waals surface area contributed by atoms with E-state index in [1.165, 1.54) is 6.07 Å². The number of carbonyl (C=O) groups is 1. The number of hydrogen-bond donors (Lipinski definition) is 1. The molecule has 1 aliphatic rings. The molecule has 0 heterocycles. The maximum Gasteiger partial charge on any atom is 0.416 e. The van der Waals surface area contributed by atoms with Gasteiger partial charge in [0.05, 0.1) is 5.56 Å². The number of alkyl halides is 3. The molecule has 0 saturated heterocycles. The van der Waals surface area contributed by atoms with E-state index in [0.29, 0.717) is 4.90 Å². The summed E-state index contributed by atoms with van der Waals surface area (Å²) >= 11 is 1.14. The highest BCUT2D eigenvalue weighted by molar-refractivity contribution is 8.00. The van der Waals surface area contributed by atoms with Crippen LogP contribution in [0.2, 0.25) is 0 Å². The second-order valence-electron chi connectivity index (χ2n) is 5.72. The van der Waals surface area contributed by atoms with Crippen LogP contribution >= 0.6 is 11.8 Å². The molecule has 0 aromatic heterocycles. The monoisotopic (exact) mass is 351 g/mol. The number of thioether (sulfide) groups is 1. The van der Waals surface area contributed by atoms with Crippen LogP contribution in [-0.2, 0) is 11.0 Å². The third-order valence-electron chi connectivity index (χ3n) is 3.68. The summed E-state index contributed by atoms with van der Waals surface area (Å²) in [7, 11) is 0. The van der Waals surface area contributed by atoms with Gasteiger partial charge in [-0.15, -0.1) is 11.8 Å². The molecule has 1 saturated carbocycles. The summed E-state index contributed by atoms with van der Waals surface area (Å²) in [4.78, 5) is 12.9. The summed E-state index contributed by atoms with van der Waals surface area (Å²) in [5.74, 6) is -0.161. The van der Waals surface area contributed by atoms with Crippen LogP contribution in [0.1, 0.15) is 29.2 Å². The van der Waals surface area contributed by atoms with Crippen LogP contribution < -0.4 is 5.32 Å². The normalized spacial score (nSPS) is 15.8. The van der Waals surface area contributed by atoms with Gasteiger partial charge in [-0.3, -0.25) is 4.79 Å². The molecular formula is C18H16F3NOS. The van der Waals surface area contributed by atoms with Crippen LogP contribution in [0.15, 0.2) is 59.5 Å². The minimum atomic E-state index is -4.39. The Labute approximate surface area is 142 Å². The van der Waals surface area contributed by atoms with E-state index in [-0.39, 0.29) is 11.9 Å². The zero-order valence-electron chi connectivity index (χ0n) is 12.7. The summed E-state index contributed by atoms with van der Waals surface area (Å²) in [5, 5.41) is 2.36. The Morgan fingerprint density at radius 3 is 2.42 bits per heavy atom. The van der Waals surface area contributed by atoms with Gasteiger partial charge in [-0.25, -0.2) is 0 Å². The minimum Gasteiger partial charge on any atom is -0.352 e. The van der Waals surface area contributed by atoms with Gasteiger partial charge >= 0.3 is 6.18 Å². The lowest BCUT2D eigenvalue weighted by molar-refractivity contribution is -0.137. The third-order valence-corrected chi connectivity index (χ3v) is 4.93. The minimum absolute atomic E-state index is 0.161. The molecule has 3 rings (SSSR count). The van der Waals surface area contributed by atoms with Crippen LogP contribution in [0, 0.1) is 0 Å². The highest BCUT2D eigenvalue weighted by Crippen LogP contribution is 2.39. The Hall–Kier alpha value is -1.95. The Kier molecular flexibility index (Phi) is 4.85. The van der Waals surface area contributed by atoms with Gasteiger partial charge in [-0.1, -0.05) is 36.4 Å². The van der Waals surface area contributed by atoms with Gasteiger partial charge < -0.3 is 5.32 Å². The number of carbonyl (C=O) groups excluding carboxylic acids is 1. The summed E-state index contributed by atoms with van der Waals surface area (Å²) in [5.41, 5.74) is 0.0694. The third kappa shape index (κ3) is 4.32. The predicted octanol–water partition coefficient (Wildman–Crippen LogP) is 4.82. The van der Waals surface area contributed by atoms with Gasteiger partial charge in [-0.05, 0) is 36.6 Å². The van der Waals surface area contributed by atoms with Gasteiger partial charge in [0.1, 0.15) is 5.25 Å². The van der Waals surface area contributed by atoms with E-state index in [1.807, 2.05) is 30.3 Å². The lowest BCUT2D eigenvalue weighted by Gasteiger charge is -2.17. The number of halogens is 3. The summed E-state index contributed by atoms with van der Waals surface area (Å²) in [6.45, 7) is 0. The first-order valence-corrected chi connectivity index (χ1v) is 8.51. The van der Waals surface area contributed by atoms with Gasteiger partial charge in [0.15, 0.2) is 0 Å². The molecule has 2 aromatic rings. The van der Waals surface area contributed by atoms with Crippen molar-refractivity contribution in [3.63, 3.8) is 0 Å². The SMILES string of the molecule is O=C(NC1CC1)C(Sc1cccc(C(F)(F)F)c1)c1ccccc1. The quantitative estimate of drug-likeness (QED) is 0.783. The maximum absolute atomic E-state index is 12.9. The topological polar surface area (TPSA) is 29.1 Å². The standard InChI is InChI=1S/C18H16F3NOS/c19-18(20,21)13-7-4-8-15(11-13)24-16(12-5-2-1-3-6-12)17(23)22-14-9-10-14/h1-8,11,14,16H,9-10H2,(H,22,23). The fourth-order valence-electron chi connectivity index (χ4n) is 2.29. The fourth-order valence-corrected chi connectivity index (χ4v) is 3.38. The van der Waals surface area contributed by atoms with Gasteiger partial charge in [0.2, 0.25) is 5.91 Å². The van der Waals surface area contributed by atoms with E-state index < -0.39 is 17.0 Å². The predicted molar refractivity (Wildman–Crippen MR) is 87.6 cm³/mol. The van der Waals surface area contributed by atoms with Crippen molar-refractivity contribution in [3.05, 3.63) is 65.7 Å². The Morgan fingerprint density at radius 1 is 1.08 bits per heavy atom. The Morgan fingerprint density at radius 2 is 1.79 bits per heavy atom. The molecule has 126 valence electrons. The highest BCUT2D eigenvalue weighted by atomic mass is 32.2. The number of amides is 1. The molecule has 1 amide bonds. The summed E-state index contributed by atoms with van der Waals surface area (Å²) in [6, 6.07) is 14.4. The van der Waals surface area contributed by atoms with Crippen molar-refractivity contribution in [2.24, 2.45) is 0 Å². The molecule has 0 aliphatic heterocycles. The van der Waals surface area contributed by atoms with Crippen molar-refractivity contribution in [2.45, 2.75) is 35.2 Å². The van der Waals surface area contributed by atoms with E-state index in [4.69, 9.17) is 0 Å². The first kappa shape index (κ1) is 16.9. The van der Waals surface area contributed by atoms with Crippen molar-refractivity contribution in [1.82, 2.24) is 5.32 Å². The van der Waals surface area contributed by atoms with E-state index >= 15 is 0 Å². The number of rotatable bonds is 5. The number of benzene rings is 2. The van der Waals surface area contributed by atoms with E-state index in [0.717, 1.165) is 42.3 Å². The van der Waals surface area contributed by atoms with Crippen LogP contribution in [0.4, 0.5) is 13.2 Å². The first-order chi connectivity index (χ1) is 11.4. The molecule has 1 fully saturated rings. The molecule has 1 N–H and O–H groups in total. The largest absolute Gasteiger partial charge is 0.416 e. The first-order valence-electron chi connectivity index (χ1n) is 7.63. The van der Waals surface area contributed by atoms with E-state index in [1.54, 1.807) is 6.07 Å². The zero-order valence-corrected chi connectivity index (χ0v) is 13.5. The molecule has 1 unspecified atom stereocenters. The molecule has 1 aliphatic carbocycles. The van der Waals surface area contributed by atoms with Crippen LogP contribution in [0.3, 0.4) is 0 Å². The molecule has 1 atom stereocenters. The van der Waals surface area contributed by atoms with E-state index in [2.05, 4.69) is 5.32 Å². The van der Waals surface area contributed by atoms with Crippen LogP contribution in [-0.4, -0.2) is 11.9 Å². The second kappa shape index (κ2) is 6.89. The van der Waals surface area contributed by atoms with Crippen molar-refractivity contribution in [3.8, 4) is 0 Å². The average Bonchev–Trinajstić information content (AvgIpc) is 3.37. The van der Waals surface area contributed by atoms with Crippen molar-refractivity contribution in [1.29, 1.82) is 0 Å². The molecule has 0 radical (unpaired) electrons. The van der Waals surface area contributed by atoms with Crippen LogP contribution in [0.25, 0.3) is 0 Å². The number of nitrogens with one attached hydrogen (secondary N) is 1. The van der Waals surface area contributed by atoms with Crippen molar-refractivity contribution < 1.29 is 18.0 Å². The van der Waals surface area contributed by atoms with Crippen molar-refractivity contribution >= 4 is 17.7 Å². The van der Waals surface area contributed by atoms with Gasteiger partial charge in [0, 0.05) is 10.9 Å². The molecule has 2 aromatic carbocycles. The number of hydrogen-bond acceptors (Lipinski definition) is 2. The van der Waals surface area contributed by atoms with Crippen molar-refractivity contribution in [2.75, 3.05) is 0 Å². The lowest BCUT2D eigenvalue weighted by atomic mass is 10.1. The summed E-state index contributed by atoms with van der Waals surface area (Å²) in [6.07, 6.45) is -2.47. The average molecular weight is 351 g/mol. The highest BCUT2D eigenvalue weighted by Gasteiger charge is 2.32.